The molecular formula is C19H23N4O2S2+. The van der Waals surface area contributed by atoms with E-state index in [1.54, 1.807) is 0 Å². The molecule has 3 rings (SSSR count). The molecule has 0 saturated carbocycles. The van der Waals surface area contributed by atoms with Gasteiger partial charge in [0.05, 0.1) is 5.10 Å². The molecule has 0 atom stereocenters. The van der Waals surface area contributed by atoms with Crippen molar-refractivity contribution >= 4 is 21.4 Å². The molecule has 0 amide bonds. The largest absolute Gasteiger partial charge is 0.416 e. The smallest absolute Gasteiger partial charge is 0.222 e. The summed E-state index contributed by atoms with van der Waals surface area (Å²) in [5.41, 5.74) is 4.47. The van der Waals surface area contributed by atoms with E-state index in [-0.39, 0.29) is 4.34 Å². The molecule has 2 aromatic heterocycles. The number of rotatable bonds is 7. The monoisotopic (exact) mass is 403 g/mol. The zero-order valence-electron chi connectivity index (χ0n) is 15.4. The molecular weight excluding hydrogens is 380 g/mol. The van der Waals surface area contributed by atoms with Crippen molar-refractivity contribution < 1.29 is 13.0 Å². The lowest BCUT2D eigenvalue weighted by Crippen LogP contribution is -2.40. The number of pyridine rings is 1. The fourth-order valence-electron chi connectivity index (χ4n) is 3.05. The molecule has 0 aliphatic carbocycles. The summed E-state index contributed by atoms with van der Waals surface area (Å²) < 4.78 is 25.1. The Kier molecular flexibility index (Phi) is 5.98. The molecule has 8 heteroatoms. The predicted molar refractivity (Wildman–Crippen MR) is 106 cm³/mol. The summed E-state index contributed by atoms with van der Waals surface area (Å²) in [6.07, 6.45) is 3.62. The molecule has 3 aromatic rings. The Labute approximate surface area is 163 Å². The third kappa shape index (κ3) is 4.40. The van der Waals surface area contributed by atoms with Crippen molar-refractivity contribution in [3.05, 3.63) is 53.9 Å². The lowest BCUT2D eigenvalue weighted by Gasteiger charge is -2.12. The van der Waals surface area contributed by atoms with Gasteiger partial charge in [0.2, 0.25) is 0 Å². The Balaban J connectivity index is 2.21. The van der Waals surface area contributed by atoms with E-state index in [1.165, 1.54) is 0 Å². The van der Waals surface area contributed by atoms with Gasteiger partial charge >= 0.3 is 5.13 Å². The van der Waals surface area contributed by atoms with Gasteiger partial charge in [-0.3, -0.25) is 0 Å². The highest BCUT2D eigenvalue weighted by Crippen LogP contribution is 2.23. The van der Waals surface area contributed by atoms with E-state index in [0.29, 0.717) is 5.13 Å². The predicted octanol–water partition coefficient (Wildman–Crippen LogP) is 3.03. The number of benzene rings is 1. The van der Waals surface area contributed by atoms with E-state index in [1.807, 2.05) is 22.8 Å². The minimum absolute atomic E-state index is 0.165. The number of sulfonamides is 1. The standard InChI is InChI=1S/C19H23N4O2S2/c1-3-8-16-12-15(14-10-6-5-7-11-14)13-17(9-4-2)23(16)18-21-22-19(26-18)27(20,24)25/h5-7,10-13H,3-4,8-9H2,1-2H3,(H2,20,24,25)/q+1. The highest BCUT2D eigenvalue weighted by Gasteiger charge is 2.27. The molecule has 1 aromatic carbocycles. The highest BCUT2D eigenvalue weighted by atomic mass is 32.2. The van der Waals surface area contributed by atoms with Gasteiger partial charge < -0.3 is 0 Å². The van der Waals surface area contributed by atoms with Crippen molar-refractivity contribution in [2.45, 2.75) is 43.9 Å². The first-order chi connectivity index (χ1) is 12.9. The minimum atomic E-state index is -3.86. The Morgan fingerprint density at radius 2 is 1.56 bits per heavy atom. The van der Waals surface area contributed by atoms with Gasteiger partial charge in [0.25, 0.3) is 14.4 Å². The van der Waals surface area contributed by atoms with E-state index in [9.17, 15) is 8.42 Å². The molecule has 0 bridgehead atoms. The summed E-state index contributed by atoms with van der Waals surface area (Å²) in [6.45, 7) is 4.24. The minimum Gasteiger partial charge on any atom is -0.222 e. The first-order valence-corrected chi connectivity index (χ1v) is 11.3. The van der Waals surface area contributed by atoms with Crippen LogP contribution in [0.15, 0.2) is 46.8 Å². The van der Waals surface area contributed by atoms with Crippen LogP contribution in [0.3, 0.4) is 0 Å². The molecule has 142 valence electrons. The Hall–Kier alpha value is -2.16. The van der Waals surface area contributed by atoms with Gasteiger partial charge in [-0.25, -0.2) is 13.6 Å². The first-order valence-electron chi connectivity index (χ1n) is 8.94. The quantitative estimate of drug-likeness (QED) is 0.614. The number of aromatic nitrogens is 3. The number of primary sulfonamides is 1. The number of aryl methyl sites for hydroxylation is 2. The van der Waals surface area contributed by atoms with E-state index in [4.69, 9.17) is 5.14 Å². The van der Waals surface area contributed by atoms with Crippen LogP contribution in [-0.4, -0.2) is 18.6 Å². The molecule has 2 N–H and O–H groups in total. The van der Waals surface area contributed by atoms with Crippen molar-refractivity contribution in [1.29, 1.82) is 0 Å². The average molecular weight is 404 g/mol. The van der Waals surface area contributed by atoms with Crippen LogP contribution < -0.4 is 9.71 Å². The lowest BCUT2D eigenvalue weighted by molar-refractivity contribution is -0.612. The molecule has 2 heterocycles. The molecule has 0 spiro atoms. The molecule has 0 aliphatic rings. The SMILES string of the molecule is CCCc1cc(-c2ccccc2)cc(CCC)[n+]1-c1nnc(S(N)(=O)=O)s1. The number of nitrogens with zero attached hydrogens (tertiary/aromatic N) is 3. The number of hydrogen-bond donors (Lipinski definition) is 1. The summed E-state index contributed by atoms with van der Waals surface area (Å²) in [6, 6.07) is 14.5. The van der Waals surface area contributed by atoms with Gasteiger partial charge in [0.15, 0.2) is 0 Å². The molecule has 0 saturated heterocycles. The zero-order chi connectivity index (χ0) is 19.4. The summed E-state index contributed by atoms with van der Waals surface area (Å²) in [5.74, 6) is 0. The molecule has 0 aliphatic heterocycles. The molecule has 27 heavy (non-hydrogen) atoms. The van der Waals surface area contributed by atoms with Crippen molar-refractivity contribution in [3.63, 3.8) is 0 Å². The van der Waals surface area contributed by atoms with Gasteiger partial charge in [-0.05, 0) is 52.5 Å². The van der Waals surface area contributed by atoms with Crippen LogP contribution in [-0.2, 0) is 22.9 Å². The van der Waals surface area contributed by atoms with Crippen LogP contribution in [0.4, 0.5) is 0 Å². The maximum atomic E-state index is 11.6. The normalized spacial score (nSPS) is 11.7. The lowest BCUT2D eigenvalue weighted by atomic mass is 10.0. The van der Waals surface area contributed by atoms with E-state index in [2.05, 4.69) is 48.3 Å². The van der Waals surface area contributed by atoms with Gasteiger partial charge in [-0.1, -0.05) is 44.2 Å². The van der Waals surface area contributed by atoms with E-state index >= 15 is 0 Å². The summed E-state index contributed by atoms with van der Waals surface area (Å²) in [7, 11) is -3.86. The fraction of sp³-hybridized carbons (Fsp3) is 0.316. The molecule has 0 unspecified atom stereocenters. The van der Waals surface area contributed by atoms with Crippen LogP contribution in [0.25, 0.3) is 16.3 Å². The molecule has 6 nitrogen and oxygen atoms in total. The van der Waals surface area contributed by atoms with Gasteiger partial charge in [-0.15, -0.1) is 0 Å². The second kappa shape index (κ2) is 8.24. The number of nitrogens with two attached hydrogens (primary N) is 1. The Bertz CT molecular complexity index is 1000. The van der Waals surface area contributed by atoms with Crippen LogP contribution in [0.2, 0.25) is 0 Å². The summed E-state index contributed by atoms with van der Waals surface area (Å²) in [5, 5.41) is 13.6. The average Bonchev–Trinajstić information content (AvgIpc) is 3.13. The van der Waals surface area contributed by atoms with E-state index < -0.39 is 10.0 Å². The van der Waals surface area contributed by atoms with Crippen molar-refractivity contribution in [2.24, 2.45) is 5.14 Å². The second-order valence-corrected chi connectivity index (χ2v) is 9.01. The van der Waals surface area contributed by atoms with E-state index in [0.717, 1.165) is 59.5 Å². The van der Waals surface area contributed by atoms with Gasteiger partial charge in [0.1, 0.15) is 11.4 Å². The van der Waals surface area contributed by atoms with Crippen LogP contribution in [0.1, 0.15) is 38.1 Å². The number of hydrogen-bond acceptors (Lipinski definition) is 5. The maximum Gasteiger partial charge on any atom is 0.416 e. The van der Waals surface area contributed by atoms with Crippen molar-refractivity contribution in [2.75, 3.05) is 0 Å². The summed E-state index contributed by atoms with van der Waals surface area (Å²) >= 11 is 1.00. The fourth-order valence-corrected chi connectivity index (χ4v) is 4.53. The van der Waals surface area contributed by atoms with Crippen molar-refractivity contribution in [3.8, 4) is 16.3 Å². The third-order valence-electron chi connectivity index (χ3n) is 4.17. The topological polar surface area (TPSA) is 89.8 Å². The first kappa shape index (κ1) is 19.6. The zero-order valence-corrected chi connectivity index (χ0v) is 17.1. The summed E-state index contributed by atoms with van der Waals surface area (Å²) in [4.78, 5) is 0. The van der Waals surface area contributed by atoms with Gasteiger partial charge in [-0.2, -0.15) is 4.57 Å². The highest BCUT2D eigenvalue weighted by molar-refractivity contribution is 7.91. The Morgan fingerprint density at radius 3 is 2.04 bits per heavy atom. The second-order valence-electron chi connectivity index (χ2n) is 6.32. The third-order valence-corrected chi connectivity index (χ3v) is 6.39. The van der Waals surface area contributed by atoms with Gasteiger partial charge in [0, 0.05) is 12.8 Å². The van der Waals surface area contributed by atoms with Crippen LogP contribution >= 0.6 is 11.3 Å². The van der Waals surface area contributed by atoms with Crippen molar-refractivity contribution in [1.82, 2.24) is 10.2 Å². The maximum absolute atomic E-state index is 11.6. The van der Waals surface area contributed by atoms with Crippen LogP contribution in [0.5, 0.6) is 0 Å². The van der Waals surface area contributed by atoms with Crippen LogP contribution in [0, 0.1) is 0 Å². The Morgan fingerprint density at radius 1 is 0.963 bits per heavy atom. The molecule has 0 fully saturated rings. The molecule has 0 radical (unpaired) electrons.